The van der Waals surface area contributed by atoms with Gasteiger partial charge in [-0.2, -0.15) is 0 Å². The molecule has 7 atom stereocenters. The fraction of sp³-hybridized carbons (Fsp3) is 0.773. The lowest BCUT2D eigenvalue weighted by Crippen LogP contribution is -2.54. The fourth-order valence-corrected chi connectivity index (χ4v) is 7.02. The molecule has 0 unspecified atom stereocenters. The summed E-state index contributed by atoms with van der Waals surface area (Å²) in [6, 6.07) is 0. The van der Waals surface area contributed by atoms with E-state index in [1.807, 2.05) is 0 Å². The zero-order valence-electron chi connectivity index (χ0n) is 15.8. The van der Waals surface area contributed by atoms with Crippen LogP contribution in [-0.4, -0.2) is 33.0 Å². The molecule has 4 rings (SSSR count). The van der Waals surface area contributed by atoms with E-state index in [0.717, 1.165) is 44.9 Å². The van der Waals surface area contributed by atoms with Crippen LogP contribution in [0.4, 0.5) is 0 Å². The van der Waals surface area contributed by atoms with Crippen molar-refractivity contribution >= 4 is 5.97 Å². The number of aliphatic carboxylic acids is 1. The summed E-state index contributed by atoms with van der Waals surface area (Å²) in [5.74, 6) is 5.26. The molecule has 4 aliphatic rings. The van der Waals surface area contributed by atoms with Crippen molar-refractivity contribution in [3.8, 4) is 11.8 Å². The van der Waals surface area contributed by atoms with E-state index in [9.17, 15) is 15.0 Å². The molecule has 142 valence electrons. The van der Waals surface area contributed by atoms with Crippen LogP contribution in [0.2, 0.25) is 0 Å². The first kappa shape index (κ1) is 18.1. The lowest BCUT2D eigenvalue weighted by Gasteiger charge is -2.58. The van der Waals surface area contributed by atoms with Crippen molar-refractivity contribution < 1.29 is 20.1 Å². The van der Waals surface area contributed by atoms with Crippen molar-refractivity contribution in [2.45, 2.75) is 76.9 Å². The van der Waals surface area contributed by atoms with Gasteiger partial charge in [-0.3, -0.25) is 0 Å². The maximum atomic E-state index is 11.2. The van der Waals surface area contributed by atoms with Gasteiger partial charge < -0.3 is 15.3 Å². The molecule has 26 heavy (non-hydrogen) atoms. The Labute approximate surface area is 155 Å². The van der Waals surface area contributed by atoms with Crippen molar-refractivity contribution in [3.05, 3.63) is 11.6 Å². The van der Waals surface area contributed by atoms with Crippen molar-refractivity contribution in [2.75, 3.05) is 0 Å². The number of carbonyl (C=O) groups is 1. The van der Waals surface area contributed by atoms with Crippen molar-refractivity contribution in [1.29, 1.82) is 0 Å². The molecule has 3 N–H and O–H groups in total. The van der Waals surface area contributed by atoms with E-state index in [1.54, 1.807) is 0 Å². The molecule has 3 fully saturated rings. The third kappa shape index (κ3) is 2.40. The van der Waals surface area contributed by atoms with Crippen LogP contribution in [0.3, 0.4) is 0 Å². The number of carboxylic acid groups (broad SMARTS) is 1. The molecule has 3 saturated carbocycles. The molecular formula is C22H30O4. The molecule has 0 aromatic heterocycles. The topological polar surface area (TPSA) is 77.8 Å². The summed E-state index contributed by atoms with van der Waals surface area (Å²) in [7, 11) is 0. The van der Waals surface area contributed by atoms with Crippen molar-refractivity contribution in [2.24, 2.45) is 28.6 Å². The summed E-state index contributed by atoms with van der Waals surface area (Å²) in [6.45, 7) is 4.51. The van der Waals surface area contributed by atoms with Crippen LogP contribution < -0.4 is 0 Å². The van der Waals surface area contributed by atoms with E-state index in [-0.39, 0.29) is 16.9 Å². The lowest BCUT2D eigenvalue weighted by atomic mass is 9.47. The molecule has 0 heterocycles. The summed E-state index contributed by atoms with van der Waals surface area (Å²) in [6.07, 6.45) is 9.39. The van der Waals surface area contributed by atoms with Gasteiger partial charge in [0.2, 0.25) is 0 Å². The Morgan fingerprint density at radius 2 is 1.88 bits per heavy atom. The average Bonchev–Trinajstić information content (AvgIpc) is 2.86. The zero-order chi connectivity index (χ0) is 18.7. The molecule has 4 nitrogen and oxygen atoms in total. The zero-order valence-corrected chi connectivity index (χ0v) is 15.8. The fourth-order valence-electron chi connectivity index (χ4n) is 7.02. The highest BCUT2D eigenvalue weighted by Gasteiger charge is 2.63. The number of allylic oxidation sites excluding steroid dienone is 1. The van der Waals surface area contributed by atoms with Crippen LogP contribution in [-0.2, 0) is 4.79 Å². The Kier molecular flexibility index (Phi) is 4.06. The van der Waals surface area contributed by atoms with E-state index < -0.39 is 11.6 Å². The first-order chi connectivity index (χ1) is 12.2. The minimum Gasteiger partial charge on any atom is -0.472 e. The Morgan fingerprint density at radius 1 is 1.15 bits per heavy atom. The normalized spacial score (nSPS) is 49.8. The second kappa shape index (κ2) is 5.84. The molecule has 0 radical (unpaired) electrons. The highest BCUT2D eigenvalue weighted by molar-refractivity contribution is 5.86. The van der Waals surface area contributed by atoms with Crippen LogP contribution in [0.15, 0.2) is 11.6 Å². The van der Waals surface area contributed by atoms with E-state index in [0.29, 0.717) is 24.2 Å². The average molecular weight is 358 g/mol. The van der Waals surface area contributed by atoms with Gasteiger partial charge in [0.25, 0.3) is 0 Å². The second-order valence-corrected chi connectivity index (χ2v) is 9.57. The van der Waals surface area contributed by atoms with Gasteiger partial charge in [-0.15, -0.1) is 0 Å². The third-order valence-electron chi connectivity index (χ3n) is 8.61. The van der Waals surface area contributed by atoms with Gasteiger partial charge in [-0.25, -0.2) is 4.79 Å². The molecule has 0 amide bonds. The van der Waals surface area contributed by atoms with E-state index >= 15 is 0 Å². The second-order valence-electron chi connectivity index (χ2n) is 9.57. The van der Waals surface area contributed by atoms with Gasteiger partial charge in [0.15, 0.2) is 0 Å². The van der Waals surface area contributed by atoms with Gasteiger partial charge in [-0.1, -0.05) is 31.4 Å². The molecule has 0 aliphatic heterocycles. The Morgan fingerprint density at radius 3 is 2.62 bits per heavy atom. The highest BCUT2D eigenvalue weighted by Crippen LogP contribution is 2.67. The Bertz CT molecular complexity index is 715. The van der Waals surface area contributed by atoms with E-state index in [4.69, 9.17) is 5.11 Å². The van der Waals surface area contributed by atoms with Crippen LogP contribution in [0.1, 0.15) is 65.2 Å². The predicted octanol–water partition coefficient (Wildman–Crippen LogP) is 3.13. The number of rotatable bonds is 0. The van der Waals surface area contributed by atoms with E-state index in [1.165, 1.54) is 5.57 Å². The summed E-state index contributed by atoms with van der Waals surface area (Å²) >= 11 is 0. The maximum Gasteiger partial charge on any atom is 0.382 e. The number of fused-ring (bicyclic) bond motifs is 5. The molecule has 0 saturated heterocycles. The minimum atomic E-state index is -1.19. The number of hydrogen-bond donors (Lipinski definition) is 3. The van der Waals surface area contributed by atoms with E-state index in [2.05, 4.69) is 31.8 Å². The first-order valence-corrected chi connectivity index (χ1v) is 10.1. The predicted molar refractivity (Wildman–Crippen MR) is 98.1 cm³/mol. The summed E-state index contributed by atoms with van der Waals surface area (Å²) < 4.78 is 0. The van der Waals surface area contributed by atoms with Crippen LogP contribution in [0.25, 0.3) is 0 Å². The van der Waals surface area contributed by atoms with Gasteiger partial charge in [0.1, 0.15) is 5.60 Å². The summed E-state index contributed by atoms with van der Waals surface area (Å²) in [5.41, 5.74) is 0.109. The van der Waals surface area contributed by atoms with Gasteiger partial charge in [0, 0.05) is 11.3 Å². The van der Waals surface area contributed by atoms with Crippen LogP contribution >= 0.6 is 0 Å². The highest BCUT2D eigenvalue weighted by atomic mass is 16.4. The Hall–Kier alpha value is -1.31. The standard InChI is InChI=1S/C22H30O4/c1-20-9-5-15(23)13-14(20)3-4-16-17(20)6-10-21(2)18(16)7-11-22(21,26)12-8-19(24)25/h3,15-18,23,26H,4-7,9-11,13H2,1-2H3,(H,24,25)/t15-,16+,17-,18-,20+,21-,22-/m1/s1. The molecule has 4 aliphatic carbocycles. The number of aliphatic hydroxyl groups excluding tert-OH is 1. The summed E-state index contributed by atoms with van der Waals surface area (Å²) in [5, 5.41) is 30.2. The molecule has 0 aromatic rings. The molecule has 0 spiro atoms. The molecule has 4 heteroatoms. The largest absolute Gasteiger partial charge is 0.472 e. The molecule has 0 aromatic carbocycles. The van der Waals surface area contributed by atoms with Crippen LogP contribution in [0.5, 0.6) is 0 Å². The first-order valence-electron chi connectivity index (χ1n) is 10.1. The van der Waals surface area contributed by atoms with Gasteiger partial charge in [0.05, 0.1) is 6.10 Å². The smallest absolute Gasteiger partial charge is 0.382 e. The Balaban J connectivity index is 1.66. The van der Waals surface area contributed by atoms with Crippen LogP contribution in [0, 0.1) is 40.4 Å². The quantitative estimate of drug-likeness (QED) is 0.459. The number of hydrogen-bond acceptors (Lipinski definition) is 3. The monoisotopic (exact) mass is 358 g/mol. The maximum absolute atomic E-state index is 11.2. The van der Waals surface area contributed by atoms with Gasteiger partial charge >= 0.3 is 5.97 Å². The van der Waals surface area contributed by atoms with Crippen molar-refractivity contribution in [3.63, 3.8) is 0 Å². The number of aliphatic hydroxyl groups is 2. The third-order valence-corrected chi connectivity index (χ3v) is 8.61. The number of carboxylic acids is 1. The SMILES string of the molecule is C[C@]12CC[C@@H](O)CC1=CC[C@H]1[C@H]2CC[C@]2(C)[C@@H]1CC[C@@]2(O)C#CC(=O)O. The lowest BCUT2D eigenvalue weighted by molar-refractivity contribution is -0.130. The van der Waals surface area contributed by atoms with Gasteiger partial charge in [-0.05, 0) is 74.5 Å². The van der Waals surface area contributed by atoms with Crippen molar-refractivity contribution in [1.82, 2.24) is 0 Å². The minimum absolute atomic E-state index is 0.178. The molecule has 0 bridgehead atoms. The summed E-state index contributed by atoms with van der Waals surface area (Å²) in [4.78, 5) is 10.9. The molecular weight excluding hydrogens is 328 g/mol.